The van der Waals surface area contributed by atoms with E-state index in [2.05, 4.69) is 32.3 Å². The maximum absolute atomic E-state index is 4.72. The lowest BCUT2D eigenvalue weighted by Crippen LogP contribution is -1.77. The normalized spacial score (nSPS) is 11.8. The molecule has 0 unspecified atom stereocenters. The van der Waals surface area contributed by atoms with E-state index >= 15 is 0 Å². The molecule has 100 valence electrons. The van der Waals surface area contributed by atoms with Gasteiger partial charge in [-0.3, -0.25) is 5.10 Å². The maximum Gasteiger partial charge on any atom is 0.140 e. The molecule has 0 fully saturated rings. The van der Waals surface area contributed by atoms with Gasteiger partial charge in [-0.05, 0) is 18.2 Å². The highest BCUT2D eigenvalue weighted by molar-refractivity contribution is 5.98. The Hall–Kier alpha value is -3.08. The van der Waals surface area contributed by atoms with Crippen molar-refractivity contribution in [1.29, 1.82) is 0 Å². The summed E-state index contributed by atoms with van der Waals surface area (Å²) in [7, 11) is 0. The van der Waals surface area contributed by atoms with Gasteiger partial charge in [0, 0.05) is 34.2 Å². The molecule has 3 N–H and O–H groups in total. The molecule has 2 aromatic carbocycles. The topological polar surface area (TPSA) is 73.2 Å². The zero-order valence-electron chi connectivity index (χ0n) is 11.0. The van der Waals surface area contributed by atoms with E-state index in [1.807, 2.05) is 36.7 Å². The fourth-order valence-electron chi connectivity index (χ4n) is 2.84. The number of aromatic amines is 3. The molecule has 3 heterocycles. The molecule has 0 bridgehead atoms. The number of nitrogens with zero attached hydrogens (tertiary/aromatic N) is 2. The average molecular weight is 273 g/mol. The van der Waals surface area contributed by atoms with Crippen molar-refractivity contribution in [2.45, 2.75) is 0 Å². The van der Waals surface area contributed by atoms with Gasteiger partial charge in [0.1, 0.15) is 5.82 Å². The number of imidazole rings is 1. The van der Waals surface area contributed by atoms with Crippen molar-refractivity contribution >= 4 is 32.8 Å². The summed E-state index contributed by atoms with van der Waals surface area (Å²) in [6.45, 7) is 0. The number of para-hydroxylation sites is 1. The predicted octanol–water partition coefficient (Wildman–Crippen LogP) is 3.59. The van der Waals surface area contributed by atoms with E-state index in [0.29, 0.717) is 0 Å². The quantitative estimate of drug-likeness (QED) is 0.436. The predicted molar refractivity (Wildman–Crippen MR) is 83.0 cm³/mol. The molecule has 5 heteroatoms. The minimum absolute atomic E-state index is 0.874. The fraction of sp³-hybridized carbons (Fsp3) is 0. The molecule has 5 aromatic rings. The van der Waals surface area contributed by atoms with Crippen molar-refractivity contribution in [2.75, 3.05) is 0 Å². The molecule has 5 nitrogen and oxygen atoms in total. The van der Waals surface area contributed by atoms with Crippen molar-refractivity contribution in [3.8, 4) is 11.4 Å². The van der Waals surface area contributed by atoms with Crippen LogP contribution in [0.5, 0.6) is 0 Å². The van der Waals surface area contributed by atoms with Crippen LogP contribution in [0.3, 0.4) is 0 Å². The lowest BCUT2D eigenvalue weighted by atomic mass is 10.2. The second-order valence-corrected chi connectivity index (χ2v) is 5.15. The second kappa shape index (κ2) is 3.73. The van der Waals surface area contributed by atoms with Crippen molar-refractivity contribution in [2.24, 2.45) is 0 Å². The lowest BCUT2D eigenvalue weighted by Gasteiger charge is -1.93. The first-order valence-electron chi connectivity index (χ1n) is 6.78. The number of aromatic nitrogens is 5. The minimum Gasteiger partial charge on any atom is -0.360 e. The second-order valence-electron chi connectivity index (χ2n) is 5.15. The molecular formula is C16H11N5. The Kier molecular flexibility index (Phi) is 1.90. The Morgan fingerprint density at radius 3 is 2.86 bits per heavy atom. The first-order chi connectivity index (χ1) is 10.4. The summed E-state index contributed by atoms with van der Waals surface area (Å²) in [5.41, 5.74) is 5.08. The highest BCUT2D eigenvalue weighted by atomic mass is 15.1. The van der Waals surface area contributed by atoms with E-state index in [1.54, 1.807) is 0 Å². The fourth-order valence-corrected chi connectivity index (χ4v) is 2.84. The molecule has 0 aliphatic rings. The maximum atomic E-state index is 4.72. The summed E-state index contributed by atoms with van der Waals surface area (Å²) >= 11 is 0. The molecule has 0 saturated heterocycles. The van der Waals surface area contributed by atoms with Crippen LogP contribution < -0.4 is 0 Å². The van der Waals surface area contributed by atoms with E-state index in [0.717, 1.165) is 38.8 Å². The number of hydrogen-bond acceptors (Lipinski definition) is 2. The Morgan fingerprint density at radius 1 is 0.905 bits per heavy atom. The van der Waals surface area contributed by atoms with E-state index in [9.17, 15) is 0 Å². The van der Waals surface area contributed by atoms with Crippen LogP contribution in [0.1, 0.15) is 0 Å². The molecule has 0 radical (unpaired) electrons. The van der Waals surface area contributed by atoms with Gasteiger partial charge in [-0.15, -0.1) is 0 Å². The van der Waals surface area contributed by atoms with Crippen LogP contribution in [0.15, 0.2) is 48.8 Å². The van der Waals surface area contributed by atoms with Gasteiger partial charge >= 0.3 is 0 Å². The lowest BCUT2D eigenvalue weighted by molar-refractivity contribution is 1.12. The number of nitrogens with one attached hydrogen (secondary N) is 3. The van der Waals surface area contributed by atoms with Gasteiger partial charge in [-0.2, -0.15) is 5.10 Å². The largest absolute Gasteiger partial charge is 0.360 e. The SMILES string of the molecule is c1ccc2c(-c3nc4cc5c[nH]nc5cc4[nH]3)c[nH]c2c1. The van der Waals surface area contributed by atoms with E-state index in [4.69, 9.17) is 4.98 Å². The van der Waals surface area contributed by atoms with E-state index in [1.165, 1.54) is 5.39 Å². The molecule has 0 saturated carbocycles. The van der Waals surface area contributed by atoms with Gasteiger partial charge in [-0.1, -0.05) is 18.2 Å². The summed E-state index contributed by atoms with van der Waals surface area (Å²) in [6, 6.07) is 12.3. The number of hydrogen-bond donors (Lipinski definition) is 3. The number of rotatable bonds is 1. The van der Waals surface area contributed by atoms with Crippen LogP contribution in [-0.2, 0) is 0 Å². The number of H-pyrrole nitrogens is 3. The molecule has 0 spiro atoms. The molecule has 0 amide bonds. The van der Waals surface area contributed by atoms with Crippen molar-refractivity contribution in [3.63, 3.8) is 0 Å². The first kappa shape index (κ1) is 10.7. The molecular weight excluding hydrogens is 262 g/mol. The summed E-state index contributed by atoms with van der Waals surface area (Å²) in [4.78, 5) is 11.4. The van der Waals surface area contributed by atoms with Gasteiger partial charge in [-0.25, -0.2) is 4.98 Å². The van der Waals surface area contributed by atoms with Crippen molar-refractivity contribution < 1.29 is 0 Å². The first-order valence-corrected chi connectivity index (χ1v) is 6.78. The monoisotopic (exact) mass is 273 g/mol. The summed E-state index contributed by atoms with van der Waals surface area (Å²) in [5.74, 6) is 0.874. The van der Waals surface area contributed by atoms with Crippen LogP contribution >= 0.6 is 0 Å². The molecule has 21 heavy (non-hydrogen) atoms. The van der Waals surface area contributed by atoms with Crippen LogP contribution in [0.4, 0.5) is 0 Å². The van der Waals surface area contributed by atoms with Gasteiger partial charge in [0.2, 0.25) is 0 Å². The zero-order chi connectivity index (χ0) is 13.8. The Labute approximate surface area is 119 Å². The zero-order valence-corrected chi connectivity index (χ0v) is 11.0. The smallest absolute Gasteiger partial charge is 0.140 e. The summed E-state index contributed by atoms with van der Waals surface area (Å²) in [6.07, 6.45) is 3.88. The van der Waals surface area contributed by atoms with Gasteiger partial charge in [0.15, 0.2) is 0 Å². The van der Waals surface area contributed by atoms with E-state index < -0.39 is 0 Å². The van der Waals surface area contributed by atoms with Crippen molar-refractivity contribution in [3.05, 3.63) is 48.8 Å². The van der Waals surface area contributed by atoms with Crippen molar-refractivity contribution in [1.82, 2.24) is 25.1 Å². The van der Waals surface area contributed by atoms with Gasteiger partial charge < -0.3 is 9.97 Å². The molecule has 0 aliphatic heterocycles. The van der Waals surface area contributed by atoms with Crippen LogP contribution in [0.25, 0.3) is 44.2 Å². The molecule has 0 atom stereocenters. The van der Waals surface area contributed by atoms with Gasteiger partial charge in [0.25, 0.3) is 0 Å². The Balaban J connectivity index is 1.80. The standard InChI is InChI=1S/C16H11N5/c1-2-4-12-10(3-1)11(8-17-12)16-19-14-5-9-7-18-21-13(9)6-15(14)20-16/h1-8,17H,(H,18,21)(H,19,20). The Bertz CT molecular complexity index is 1050. The molecule has 3 aromatic heterocycles. The third kappa shape index (κ3) is 1.45. The van der Waals surface area contributed by atoms with E-state index in [-0.39, 0.29) is 0 Å². The number of fused-ring (bicyclic) bond motifs is 3. The summed E-state index contributed by atoms with van der Waals surface area (Å²) < 4.78 is 0. The highest BCUT2D eigenvalue weighted by Crippen LogP contribution is 2.29. The third-order valence-corrected chi connectivity index (χ3v) is 3.88. The highest BCUT2D eigenvalue weighted by Gasteiger charge is 2.11. The van der Waals surface area contributed by atoms with Crippen LogP contribution in [0, 0.1) is 0 Å². The third-order valence-electron chi connectivity index (χ3n) is 3.88. The van der Waals surface area contributed by atoms with Crippen LogP contribution in [0.2, 0.25) is 0 Å². The number of benzene rings is 2. The average Bonchev–Trinajstić information content (AvgIpc) is 3.21. The summed E-state index contributed by atoms with van der Waals surface area (Å²) in [5, 5.41) is 9.32. The van der Waals surface area contributed by atoms with Gasteiger partial charge in [0.05, 0.1) is 16.6 Å². The minimum atomic E-state index is 0.874. The Morgan fingerprint density at radius 2 is 1.86 bits per heavy atom. The molecule has 5 rings (SSSR count). The van der Waals surface area contributed by atoms with Crippen LogP contribution in [-0.4, -0.2) is 25.1 Å². The molecule has 0 aliphatic carbocycles.